The van der Waals surface area contributed by atoms with Gasteiger partial charge in [0.2, 0.25) is 5.91 Å². The van der Waals surface area contributed by atoms with E-state index < -0.39 is 0 Å². The zero-order valence-corrected chi connectivity index (χ0v) is 9.82. The fourth-order valence-corrected chi connectivity index (χ4v) is 2.95. The molecular formula is C12H21N3O. The van der Waals surface area contributed by atoms with Crippen molar-refractivity contribution in [2.24, 2.45) is 5.92 Å². The van der Waals surface area contributed by atoms with E-state index in [1.807, 2.05) is 0 Å². The van der Waals surface area contributed by atoms with Crippen LogP contribution in [0.15, 0.2) is 0 Å². The molecule has 90 valence electrons. The summed E-state index contributed by atoms with van der Waals surface area (Å²) >= 11 is 0. The van der Waals surface area contributed by atoms with Crippen LogP contribution in [-0.2, 0) is 4.79 Å². The monoisotopic (exact) mass is 223 g/mol. The van der Waals surface area contributed by atoms with Crippen LogP contribution in [0.5, 0.6) is 0 Å². The molecule has 0 aromatic carbocycles. The van der Waals surface area contributed by atoms with Crippen molar-refractivity contribution in [3.63, 3.8) is 0 Å². The maximum atomic E-state index is 11.7. The molecule has 4 rings (SSSR count). The van der Waals surface area contributed by atoms with Crippen molar-refractivity contribution in [1.29, 1.82) is 0 Å². The Morgan fingerprint density at radius 2 is 1.94 bits per heavy atom. The first-order chi connectivity index (χ1) is 7.83. The maximum Gasteiger partial charge on any atom is 0.223 e. The van der Waals surface area contributed by atoms with Gasteiger partial charge in [0.05, 0.1) is 0 Å². The fourth-order valence-electron chi connectivity index (χ4n) is 2.95. The fraction of sp³-hybridized carbons (Fsp3) is 0.917. The van der Waals surface area contributed by atoms with Crippen LogP contribution in [0.25, 0.3) is 0 Å². The van der Waals surface area contributed by atoms with E-state index in [1.165, 1.54) is 32.6 Å². The molecular weight excluding hydrogens is 202 g/mol. The second kappa shape index (κ2) is 4.34. The predicted molar refractivity (Wildman–Crippen MR) is 62.2 cm³/mol. The summed E-state index contributed by atoms with van der Waals surface area (Å²) in [6.07, 6.45) is 3.44. The molecule has 2 bridgehead atoms. The Bertz CT molecular complexity index is 269. The van der Waals surface area contributed by atoms with Crippen molar-refractivity contribution in [2.45, 2.75) is 25.3 Å². The van der Waals surface area contributed by atoms with E-state index >= 15 is 0 Å². The number of hydrogen-bond acceptors (Lipinski definition) is 3. The van der Waals surface area contributed by atoms with Crippen molar-refractivity contribution >= 4 is 5.91 Å². The molecule has 1 N–H and O–H groups in total. The molecule has 0 aromatic heterocycles. The van der Waals surface area contributed by atoms with Crippen molar-refractivity contribution < 1.29 is 4.79 Å². The van der Waals surface area contributed by atoms with Crippen molar-refractivity contribution in [3.05, 3.63) is 0 Å². The van der Waals surface area contributed by atoms with Gasteiger partial charge in [-0.25, -0.2) is 0 Å². The smallest absolute Gasteiger partial charge is 0.223 e. The van der Waals surface area contributed by atoms with Crippen LogP contribution in [0.4, 0.5) is 0 Å². The van der Waals surface area contributed by atoms with E-state index in [0.717, 1.165) is 25.9 Å². The average Bonchev–Trinajstić information content (AvgIpc) is 2.26. The molecule has 1 atom stereocenters. The van der Waals surface area contributed by atoms with Crippen LogP contribution in [0.2, 0.25) is 0 Å². The van der Waals surface area contributed by atoms with E-state index in [4.69, 9.17) is 0 Å². The van der Waals surface area contributed by atoms with E-state index in [0.29, 0.717) is 17.9 Å². The first-order valence-electron chi connectivity index (χ1n) is 6.57. The molecule has 1 saturated carbocycles. The van der Waals surface area contributed by atoms with E-state index in [-0.39, 0.29) is 0 Å². The number of nitrogens with one attached hydrogen (secondary N) is 1. The molecule has 1 amide bonds. The number of rotatable bonds is 3. The molecule has 3 saturated heterocycles. The van der Waals surface area contributed by atoms with Crippen molar-refractivity contribution in [2.75, 3.05) is 39.3 Å². The highest BCUT2D eigenvalue weighted by Crippen LogP contribution is 2.26. The van der Waals surface area contributed by atoms with E-state index in [9.17, 15) is 4.79 Å². The van der Waals surface area contributed by atoms with Gasteiger partial charge in [-0.15, -0.1) is 0 Å². The zero-order chi connectivity index (χ0) is 11.0. The van der Waals surface area contributed by atoms with Crippen molar-refractivity contribution in [1.82, 2.24) is 15.1 Å². The Morgan fingerprint density at radius 1 is 1.19 bits per heavy atom. The molecule has 4 nitrogen and oxygen atoms in total. The van der Waals surface area contributed by atoms with E-state index in [1.54, 1.807) is 0 Å². The van der Waals surface area contributed by atoms with Gasteiger partial charge >= 0.3 is 0 Å². The van der Waals surface area contributed by atoms with Crippen molar-refractivity contribution in [3.8, 4) is 0 Å². The normalized spacial score (nSPS) is 38.1. The maximum absolute atomic E-state index is 11.7. The summed E-state index contributed by atoms with van der Waals surface area (Å²) in [5.74, 6) is 0.625. The quantitative estimate of drug-likeness (QED) is 0.726. The number of piperazine rings is 3. The Kier molecular flexibility index (Phi) is 2.86. The second-order valence-electron chi connectivity index (χ2n) is 5.36. The average molecular weight is 223 g/mol. The van der Waals surface area contributed by atoms with Gasteiger partial charge in [-0.05, 0) is 12.8 Å². The van der Waals surface area contributed by atoms with Gasteiger partial charge in [0.1, 0.15) is 0 Å². The summed E-state index contributed by atoms with van der Waals surface area (Å²) in [6.45, 7) is 6.80. The number of amides is 1. The number of hydrogen-bond donors (Lipinski definition) is 1. The third kappa shape index (κ3) is 1.96. The van der Waals surface area contributed by atoms with Gasteiger partial charge in [0.25, 0.3) is 0 Å². The van der Waals surface area contributed by atoms with Gasteiger partial charge in [0.15, 0.2) is 0 Å². The third-order valence-electron chi connectivity index (χ3n) is 4.38. The molecule has 4 aliphatic rings. The van der Waals surface area contributed by atoms with Gasteiger partial charge in [-0.2, -0.15) is 0 Å². The zero-order valence-electron chi connectivity index (χ0n) is 9.82. The molecule has 3 aliphatic heterocycles. The molecule has 1 aliphatic carbocycles. The van der Waals surface area contributed by atoms with Crippen LogP contribution in [0.3, 0.4) is 0 Å². The molecule has 16 heavy (non-hydrogen) atoms. The third-order valence-corrected chi connectivity index (χ3v) is 4.38. The van der Waals surface area contributed by atoms with Crippen LogP contribution in [-0.4, -0.2) is 61.0 Å². The van der Waals surface area contributed by atoms with Gasteiger partial charge in [0, 0.05) is 51.2 Å². The van der Waals surface area contributed by atoms with E-state index in [2.05, 4.69) is 15.1 Å². The van der Waals surface area contributed by atoms with Gasteiger partial charge < -0.3 is 5.32 Å². The Morgan fingerprint density at radius 3 is 2.44 bits per heavy atom. The first-order valence-corrected chi connectivity index (χ1v) is 6.57. The number of carbonyl (C=O) groups excluding carboxylic acids is 1. The minimum absolute atomic E-state index is 0.295. The summed E-state index contributed by atoms with van der Waals surface area (Å²) in [4.78, 5) is 16.8. The Hall–Kier alpha value is -0.610. The van der Waals surface area contributed by atoms with Crippen LogP contribution < -0.4 is 5.32 Å². The van der Waals surface area contributed by atoms with Crippen LogP contribution in [0, 0.1) is 5.92 Å². The topological polar surface area (TPSA) is 35.6 Å². The summed E-state index contributed by atoms with van der Waals surface area (Å²) < 4.78 is 0. The minimum Gasteiger partial charge on any atom is -0.354 e. The molecule has 0 spiro atoms. The standard InChI is InChI=1S/C12H21N3O/c16-12(10-2-1-3-10)13-8-11-9-14-4-6-15(11)7-5-14/h10-11H,1-9H2,(H,13,16). The van der Waals surface area contributed by atoms with Gasteiger partial charge in [-0.1, -0.05) is 6.42 Å². The predicted octanol–water partition coefficient (Wildman–Crippen LogP) is -0.0975. The lowest BCUT2D eigenvalue weighted by atomic mass is 9.85. The molecule has 4 fully saturated rings. The SMILES string of the molecule is O=C(NCC1CN2CCN1CC2)C1CCC1. The highest BCUT2D eigenvalue weighted by molar-refractivity contribution is 5.79. The number of fused-ring (bicyclic) bond motifs is 3. The van der Waals surface area contributed by atoms with Crippen LogP contribution >= 0.6 is 0 Å². The number of nitrogens with zero attached hydrogens (tertiary/aromatic N) is 2. The molecule has 3 heterocycles. The Labute approximate surface area is 97.0 Å². The number of carbonyl (C=O) groups is 1. The summed E-state index contributed by atoms with van der Waals surface area (Å²) in [7, 11) is 0. The lowest BCUT2D eigenvalue weighted by molar-refractivity contribution is -0.127. The van der Waals surface area contributed by atoms with Crippen LogP contribution in [0.1, 0.15) is 19.3 Å². The second-order valence-corrected chi connectivity index (χ2v) is 5.36. The Balaban J connectivity index is 1.46. The summed E-state index contributed by atoms with van der Waals surface area (Å²) in [5, 5.41) is 3.13. The lowest BCUT2D eigenvalue weighted by Crippen LogP contribution is -2.63. The molecule has 1 unspecified atom stereocenters. The lowest BCUT2D eigenvalue weighted by Gasteiger charge is -2.47. The summed E-state index contributed by atoms with van der Waals surface area (Å²) in [6, 6.07) is 0.562. The molecule has 0 aromatic rings. The highest BCUT2D eigenvalue weighted by atomic mass is 16.1. The molecule has 4 heteroatoms. The highest BCUT2D eigenvalue weighted by Gasteiger charge is 2.32. The van der Waals surface area contributed by atoms with Gasteiger partial charge in [-0.3, -0.25) is 14.6 Å². The minimum atomic E-state index is 0.295. The summed E-state index contributed by atoms with van der Waals surface area (Å²) in [5.41, 5.74) is 0. The first kappa shape index (κ1) is 10.5. The molecule has 0 radical (unpaired) electrons. The largest absolute Gasteiger partial charge is 0.354 e.